The highest BCUT2D eigenvalue weighted by Crippen LogP contribution is 2.27. The summed E-state index contributed by atoms with van der Waals surface area (Å²) >= 11 is 0. The SMILES string of the molecule is CNC(C#N)CCn1ccc(C(F)(F)F)n1. The summed E-state index contributed by atoms with van der Waals surface area (Å²) in [6.07, 6.45) is -2.75. The van der Waals surface area contributed by atoms with E-state index in [1.54, 1.807) is 7.05 Å². The summed E-state index contributed by atoms with van der Waals surface area (Å²) in [4.78, 5) is 0. The van der Waals surface area contributed by atoms with E-state index in [-0.39, 0.29) is 12.6 Å². The molecule has 0 radical (unpaired) electrons. The number of nitriles is 1. The second-order valence-electron chi connectivity index (χ2n) is 3.22. The fraction of sp³-hybridized carbons (Fsp3) is 0.556. The summed E-state index contributed by atoms with van der Waals surface area (Å²) < 4.78 is 37.8. The van der Waals surface area contributed by atoms with E-state index >= 15 is 0 Å². The molecule has 7 heteroatoms. The van der Waals surface area contributed by atoms with E-state index in [2.05, 4.69) is 10.4 Å². The van der Waals surface area contributed by atoms with E-state index in [9.17, 15) is 13.2 Å². The lowest BCUT2D eigenvalue weighted by atomic mass is 10.2. The van der Waals surface area contributed by atoms with Gasteiger partial charge in [0.1, 0.15) is 0 Å². The van der Waals surface area contributed by atoms with E-state index in [1.165, 1.54) is 10.9 Å². The van der Waals surface area contributed by atoms with Crippen molar-refractivity contribution >= 4 is 0 Å². The summed E-state index contributed by atoms with van der Waals surface area (Å²) in [5.41, 5.74) is -0.912. The van der Waals surface area contributed by atoms with Crippen LogP contribution in [-0.4, -0.2) is 22.9 Å². The van der Waals surface area contributed by atoms with Crippen LogP contribution in [0.1, 0.15) is 12.1 Å². The lowest BCUT2D eigenvalue weighted by Crippen LogP contribution is -2.24. The van der Waals surface area contributed by atoms with Gasteiger partial charge in [-0.15, -0.1) is 0 Å². The third-order valence-corrected chi connectivity index (χ3v) is 2.08. The molecule has 16 heavy (non-hydrogen) atoms. The molecule has 1 aromatic heterocycles. The Hall–Kier alpha value is -1.55. The zero-order valence-electron chi connectivity index (χ0n) is 8.62. The minimum Gasteiger partial charge on any atom is -0.305 e. The van der Waals surface area contributed by atoms with Crippen molar-refractivity contribution in [2.75, 3.05) is 7.05 Å². The van der Waals surface area contributed by atoms with Gasteiger partial charge in [0.05, 0.1) is 12.1 Å². The van der Waals surface area contributed by atoms with Gasteiger partial charge in [-0.3, -0.25) is 4.68 Å². The van der Waals surface area contributed by atoms with Crippen LogP contribution in [0.25, 0.3) is 0 Å². The van der Waals surface area contributed by atoms with Crippen molar-refractivity contribution < 1.29 is 13.2 Å². The molecule has 0 bridgehead atoms. The Balaban J connectivity index is 2.57. The molecular weight excluding hydrogens is 221 g/mol. The smallest absolute Gasteiger partial charge is 0.305 e. The number of aryl methyl sites for hydroxylation is 1. The molecule has 4 nitrogen and oxygen atoms in total. The van der Waals surface area contributed by atoms with Crippen LogP contribution >= 0.6 is 0 Å². The summed E-state index contributed by atoms with van der Waals surface area (Å²) in [6, 6.07) is 2.53. The molecule has 0 aromatic carbocycles. The summed E-state index contributed by atoms with van der Waals surface area (Å²) in [5, 5.41) is 14.7. The van der Waals surface area contributed by atoms with Crippen molar-refractivity contribution in [1.82, 2.24) is 15.1 Å². The second-order valence-corrected chi connectivity index (χ2v) is 3.22. The summed E-state index contributed by atoms with van der Waals surface area (Å²) in [6.45, 7) is 0.273. The maximum Gasteiger partial charge on any atom is 0.435 e. The third-order valence-electron chi connectivity index (χ3n) is 2.08. The van der Waals surface area contributed by atoms with Gasteiger partial charge in [-0.2, -0.15) is 23.5 Å². The molecule has 0 aliphatic carbocycles. The van der Waals surface area contributed by atoms with Gasteiger partial charge >= 0.3 is 6.18 Å². The number of nitrogens with zero attached hydrogens (tertiary/aromatic N) is 3. The zero-order chi connectivity index (χ0) is 12.2. The molecule has 1 atom stereocenters. The van der Waals surface area contributed by atoms with Crippen molar-refractivity contribution in [3.8, 4) is 6.07 Å². The highest BCUT2D eigenvalue weighted by Gasteiger charge is 2.33. The zero-order valence-corrected chi connectivity index (χ0v) is 8.62. The van der Waals surface area contributed by atoms with E-state index in [0.29, 0.717) is 6.42 Å². The Labute approximate surface area is 90.7 Å². The minimum atomic E-state index is -4.41. The van der Waals surface area contributed by atoms with Gasteiger partial charge in [-0.05, 0) is 19.5 Å². The molecule has 0 fully saturated rings. The van der Waals surface area contributed by atoms with Crippen molar-refractivity contribution in [2.45, 2.75) is 25.2 Å². The molecule has 1 unspecified atom stereocenters. The van der Waals surface area contributed by atoms with Gasteiger partial charge in [-0.25, -0.2) is 0 Å². The van der Waals surface area contributed by atoms with Crippen LogP contribution in [0.2, 0.25) is 0 Å². The first kappa shape index (κ1) is 12.5. The third kappa shape index (κ3) is 3.24. The van der Waals surface area contributed by atoms with Crippen molar-refractivity contribution in [3.63, 3.8) is 0 Å². The molecule has 0 amide bonds. The number of hydrogen-bond acceptors (Lipinski definition) is 3. The molecule has 0 aliphatic rings. The average molecular weight is 232 g/mol. The molecule has 1 N–H and O–H groups in total. The van der Waals surface area contributed by atoms with Crippen LogP contribution in [0.4, 0.5) is 13.2 Å². The number of alkyl halides is 3. The van der Waals surface area contributed by atoms with Crippen LogP contribution in [0.5, 0.6) is 0 Å². The lowest BCUT2D eigenvalue weighted by Gasteiger charge is -2.07. The minimum absolute atomic E-state index is 0.273. The Morgan fingerprint density at radius 3 is 2.75 bits per heavy atom. The number of halogens is 3. The predicted octanol–water partition coefficient (Wildman–Crippen LogP) is 1.40. The van der Waals surface area contributed by atoms with Crippen molar-refractivity contribution in [1.29, 1.82) is 5.26 Å². The standard InChI is InChI=1S/C9H11F3N4/c1-14-7(6-13)2-4-16-5-3-8(15-16)9(10,11)12/h3,5,7,14H,2,4H2,1H3. The highest BCUT2D eigenvalue weighted by molar-refractivity contribution is 5.03. The second kappa shape index (κ2) is 4.99. The number of hydrogen-bond donors (Lipinski definition) is 1. The Morgan fingerprint density at radius 1 is 1.62 bits per heavy atom. The molecule has 0 aliphatic heterocycles. The molecule has 0 saturated carbocycles. The number of rotatable bonds is 4. The Morgan fingerprint density at radius 2 is 2.31 bits per heavy atom. The first-order valence-corrected chi connectivity index (χ1v) is 4.65. The monoisotopic (exact) mass is 232 g/mol. The summed E-state index contributed by atoms with van der Waals surface area (Å²) in [7, 11) is 1.62. The largest absolute Gasteiger partial charge is 0.435 e. The molecule has 0 saturated heterocycles. The Kier molecular flexibility index (Phi) is 3.90. The Bertz CT molecular complexity index is 377. The van der Waals surface area contributed by atoms with Crippen LogP contribution in [0.3, 0.4) is 0 Å². The molecule has 1 aromatic rings. The van der Waals surface area contributed by atoms with E-state index in [4.69, 9.17) is 5.26 Å². The van der Waals surface area contributed by atoms with Gasteiger partial charge in [0.25, 0.3) is 0 Å². The molecule has 1 heterocycles. The average Bonchev–Trinajstić information content (AvgIpc) is 2.67. The molecule has 1 rings (SSSR count). The first-order chi connectivity index (χ1) is 7.47. The first-order valence-electron chi connectivity index (χ1n) is 4.65. The van der Waals surface area contributed by atoms with Gasteiger partial charge in [0.15, 0.2) is 5.69 Å². The van der Waals surface area contributed by atoms with Gasteiger partial charge in [-0.1, -0.05) is 0 Å². The van der Waals surface area contributed by atoms with Crippen LogP contribution in [0, 0.1) is 11.3 Å². The molecule has 88 valence electrons. The highest BCUT2D eigenvalue weighted by atomic mass is 19.4. The fourth-order valence-electron chi connectivity index (χ4n) is 1.17. The number of nitrogens with one attached hydrogen (secondary N) is 1. The van der Waals surface area contributed by atoms with E-state index in [1.807, 2.05) is 6.07 Å². The fourth-order valence-corrected chi connectivity index (χ4v) is 1.17. The van der Waals surface area contributed by atoms with E-state index in [0.717, 1.165) is 6.07 Å². The quantitative estimate of drug-likeness (QED) is 0.853. The van der Waals surface area contributed by atoms with Crippen LogP contribution < -0.4 is 5.32 Å². The molecule has 0 spiro atoms. The normalized spacial score (nSPS) is 13.4. The van der Waals surface area contributed by atoms with Crippen molar-refractivity contribution in [2.24, 2.45) is 0 Å². The topological polar surface area (TPSA) is 53.6 Å². The predicted molar refractivity (Wildman–Crippen MR) is 50.3 cm³/mol. The van der Waals surface area contributed by atoms with E-state index < -0.39 is 11.9 Å². The van der Waals surface area contributed by atoms with Gasteiger partial charge in [0, 0.05) is 12.7 Å². The maximum atomic E-state index is 12.2. The maximum absolute atomic E-state index is 12.2. The number of aromatic nitrogens is 2. The van der Waals surface area contributed by atoms with Crippen LogP contribution in [0.15, 0.2) is 12.3 Å². The lowest BCUT2D eigenvalue weighted by molar-refractivity contribution is -0.141. The van der Waals surface area contributed by atoms with Crippen molar-refractivity contribution in [3.05, 3.63) is 18.0 Å². The van der Waals surface area contributed by atoms with Crippen LogP contribution in [-0.2, 0) is 12.7 Å². The van der Waals surface area contributed by atoms with Gasteiger partial charge in [0.2, 0.25) is 0 Å². The molecular formula is C9H11F3N4. The van der Waals surface area contributed by atoms with Gasteiger partial charge < -0.3 is 5.32 Å². The summed E-state index contributed by atoms with van der Waals surface area (Å²) in [5.74, 6) is 0.